The van der Waals surface area contributed by atoms with E-state index in [1.54, 1.807) is 0 Å². The minimum Gasteiger partial charge on any atom is -0.311 e. The minimum absolute atomic E-state index is 0.0696. The highest BCUT2D eigenvalue weighted by Crippen LogP contribution is 2.63. The van der Waals surface area contributed by atoms with Gasteiger partial charge in [-0.05, 0) is 153 Å². The normalized spacial score (nSPS) is 16.5. The van der Waals surface area contributed by atoms with Gasteiger partial charge in [-0.1, -0.05) is 169 Å². The second-order valence-electron chi connectivity index (χ2n) is 20.3. The number of benzene rings is 9. The Balaban J connectivity index is 1.05. The van der Waals surface area contributed by atoms with E-state index in [2.05, 4.69) is 269 Å². The molecule has 9 aromatic carbocycles. The van der Waals surface area contributed by atoms with E-state index in [4.69, 9.17) is 0 Å². The average molecular weight is 880 g/mol. The second-order valence-corrected chi connectivity index (χ2v) is 20.3. The maximum absolute atomic E-state index is 2.60. The lowest BCUT2D eigenvalue weighted by Gasteiger charge is -2.51. The summed E-state index contributed by atoms with van der Waals surface area (Å²) < 4.78 is 0. The summed E-state index contributed by atoms with van der Waals surface area (Å²) in [4.78, 5) is 7.45. The first-order valence-corrected chi connectivity index (χ1v) is 24.4. The molecule has 9 aromatic rings. The zero-order chi connectivity index (χ0) is 46.4. The molecule has 332 valence electrons. The van der Waals surface area contributed by atoms with E-state index in [-0.39, 0.29) is 16.2 Å². The Morgan fingerprint density at radius 2 is 0.838 bits per heavy atom. The fourth-order valence-corrected chi connectivity index (χ4v) is 12.1. The van der Waals surface area contributed by atoms with Crippen LogP contribution in [0, 0.1) is 0 Å². The molecule has 2 aliphatic heterocycles. The van der Waals surface area contributed by atoms with Crippen molar-refractivity contribution >= 4 is 51.2 Å². The van der Waals surface area contributed by atoms with Crippen LogP contribution in [0.15, 0.2) is 212 Å². The van der Waals surface area contributed by atoms with Crippen molar-refractivity contribution in [3.8, 4) is 22.3 Å². The van der Waals surface area contributed by atoms with Gasteiger partial charge in [0.1, 0.15) is 0 Å². The molecule has 0 radical (unpaired) electrons. The third-order valence-corrected chi connectivity index (χ3v) is 15.6. The third kappa shape index (κ3) is 6.32. The zero-order valence-electron chi connectivity index (χ0n) is 40.0. The van der Waals surface area contributed by atoms with E-state index in [1.807, 2.05) is 0 Å². The maximum Gasteiger partial charge on any atom is 0.0545 e. The van der Waals surface area contributed by atoms with Crippen LogP contribution in [0.4, 0.5) is 51.2 Å². The molecule has 0 saturated carbocycles. The predicted octanol–water partition coefficient (Wildman–Crippen LogP) is 18.1. The first-order chi connectivity index (χ1) is 33.1. The molecule has 0 fully saturated rings. The average Bonchev–Trinajstić information content (AvgIpc) is 3.60. The van der Waals surface area contributed by atoms with Crippen molar-refractivity contribution in [2.75, 3.05) is 14.7 Å². The summed E-state index contributed by atoms with van der Waals surface area (Å²) in [5, 5.41) is 0. The largest absolute Gasteiger partial charge is 0.311 e. The highest BCUT2D eigenvalue weighted by molar-refractivity contribution is 5.96. The monoisotopic (exact) mass is 879 g/mol. The number of anilines is 9. The summed E-state index contributed by atoms with van der Waals surface area (Å²) in [5.41, 5.74) is 23.4. The maximum atomic E-state index is 2.60. The Hall–Kier alpha value is -7.62. The van der Waals surface area contributed by atoms with Crippen molar-refractivity contribution in [1.29, 1.82) is 0 Å². The summed E-state index contributed by atoms with van der Waals surface area (Å²) >= 11 is 0. The molecule has 1 aliphatic carbocycles. The van der Waals surface area contributed by atoms with Gasteiger partial charge in [-0.3, -0.25) is 0 Å². The SMILES string of the molecule is CCCC1(C)c2cc(-c3ccc(N(c4ccccc4)c4ccccc4)cc3)ccc2N2c3ccccc3C(C)(C)c3cc(N(c4ccccc4)c4ccc5c(c4)-c4ccccc4C5(C)C)cc1c32. The van der Waals surface area contributed by atoms with E-state index in [0.717, 1.165) is 41.3 Å². The van der Waals surface area contributed by atoms with Gasteiger partial charge in [0.25, 0.3) is 0 Å². The van der Waals surface area contributed by atoms with Crippen LogP contribution >= 0.6 is 0 Å². The molecule has 0 spiro atoms. The van der Waals surface area contributed by atoms with Gasteiger partial charge >= 0.3 is 0 Å². The van der Waals surface area contributed by atoms with E-state index in [1.165, 1.54) is 78.4 Å². The molecule has 3 aliphatic rings. The molecule has 3 nitrogen and oxygen atoms in total. The Labute approximate surface area is 402 Å². The van der Waals surface area contributed by atoms with Crippen molar-refractivity contribution in [3.63, 3.8) is 0 Å². The minimum atomic E-state index is -0.292. The van der Waals surface area contributed by atoms with Gasteiger partial charge in [0.15, 0.2) is 0 Å². The van der Waals surface area contributed by atoms with Crippen LogP contribution in [0.3, 0.4) is 0 Å². The van der Waals surface area contributed by atoms with Gasteiger partial charge in [0.05, 0.1) is 17.1 Å². The second kappa shape index (κ2) is 15.7. The predicted molar refractivity (Wildman–Crippen MR) is 287 cm³/mol. The Morgan fingerprint density at radius 1 is 0.353 bits per heavy atom. The molecule has 1 atom stereocenters. The first kappa shape index (κ1) is 41.8. The number of nitrogens with zero attached hydrogens (tertiary/aromatic N) is 3. The molecule has 0 bridgehead atoms. The van der Waals surface area contributed by atoms with Crippen LogP contribution in [0.5, 0.6) is 0 Å². The highest BCUT2D eigenvalue weighted by atomic mass is 15.2. The molecule has 12 rings (SSSR count). The van der Waals surface area contributed by atoms with Crippen LogP contribution in [0.2, 0.25) is 0 Å². The number of rotatable bonds is 9. The zero-order valence-corrected chi connectivity index (χ0v) is 40.0. The standard InChI is InChI=1S/C65H57N3/c1-7-39-65(6)57-40-45(44-31-34-49(35-32-44)66(46-21-11-8-12-22-46)47-23-13-9-14-24-47)33-38-61(57)68-60-30-20-19-29-56(60)64(4,5)58-42-51(43-59(65)62(58)68)67(48-25-15-10-16-26-48)50-36-37-55-53(41-50)52-27-17-18-28-54(52)63(55,2)3/h8-38,40-43H,7,39H2,1-6H3. The Kier molecular flexibility index (Phi) is 9.67. The summed E-state index contributed by atoms with van der Waals surface area (Å²) in [6.07, 6.45) is 2.05. The molecule has 0 amide bonds. The van der Waals surface area contributed by atoms with Crippen LogP contribution in [-0.4, -0.2) is 0 Å². The number of fused-ring (bicyclic) bond motifs is 7. The topological polar surface area (TPSA) is 9.72 Å². The summed E-state index contributed by atoms with van der Waals surface area (Å²) in [5.74, 6) is 0. The molecule has 0 aromatic heterocycles. The van der Waals surface area contributed by atoms with Crippen molar-refractivity contribution in [1.82, 2.24) is 0 Å². The Morgan fingerprint density at radius 3 is 1.49 bits per heavy atom. The molecule has 3 heteroatoms. The molecule has 2 heterocycles. The van der Waals surface area contributed by atoms with Crippen molar-refractivity contribution in [2.24, 2.45) is 0 Å². The number of para-hydroxylation sites is 4. The lowest BCUT2D eigenvalue weighted by Crippen LogP contribution is -2.39. The fraction of sp³-hybridized carbons (Fsp3) is 0.169. The van der Waals surface area contributed by atoms with Crippen molar-refractivity contribution in [2.45, 2.75) is 70.6 Å². The van der Waals surface area contributed by atoms with Gasteiger partial charge in [0, 0.05) is 50.4 Å². The fourth-order valence-electron chi connectivity index (χ4n) is 12.1. The summed E-state index contributed by atoms with van der Waals surface area (Å²) in [6.45, 7) is 14.5. The van der Waals surface area contributed by atoms with Crippen LogP contribution in [0.25, 0.3) is 22.3 Å². The van der Waals surface area contributed by atoms with Crippen LogP contribution in [0.1, 0.15) is 87.8 Å². The molecule has 68 heavy (non-hydrogen) atoms. The molecule has 0 N–H and O–H groups in total. The van der Waals surface area contributed by atoms with E-state index in [0.29, 0.717) is 0 Å². The number of hydrogen-bond acceptors (Lipinski definition) is 3. The quantitative estimate of drug-likeness (QED) is 0.143. The lowest BCUT2D eigenvalue weighted by molar-refractivity contribution is 0.502. The van der Waals surface area contributed by atoms with Crippen molar-refractivity contribution < 1.29 is 0 Å². The summed E-state index contributed by atoms with van der Waals surface area (Å²) in [7, 11) is 0. The molecular formula is C65H57N3. The molecule has 0 saturated heterocycles. The van der Waals surface area contributed by atoms with E-state index in [9.17, 15) is 0 Å². The van der Waals surface area contributed by atoms with E-state index < -0.39 is 0 Å². The van der Waals surface area contributed by atoms with Crippen LogP contribution in [-0.2, 0) is 16.2 Å². The molecule has 1 unspecified atom stereocenters. The van der Waals surface area contributed by atoms with Gasteiger partial charge in [-0.15, -0.1) is 0 Å². The highest BCUT2D eigenvalue weighted by Gasteiger charge is 2.47. The summed E-state index contributed by atoms with van der Waals surface area (Å²) in [6, 6.07) is 79.1. The Bertz CT molecular complexity index is 3330. The van der Waals surface area contributed by atoms with E-state index >= 15 is 0 Å². The van der Waals surface area contributed by atoms with Gasteiger partial charge in [-0.2, -0.15) is 0 Å². The first-order valence-electron chi connectivity index (χ1n) is 24.4. The van der Waals surface area contributed by atoms with Gasteiger partial charge in [-0.25, -0.2) is 0 Å². The van der Waals surface area contributed by atoms with Crippen molar-refractivity contribution in [3.05, 3.63) is 246 Å². The van der Waals surface area contributed by atoms with Gasteiger partial charge in [0.2, 0.25) is 0 Å². The lowest BCUT2D eigenvalue weighted by atomic mass is 9.64. The van der Waals surface area contributed by atoms with Gasteiger partial charge < -0.3 is 14.7 Å². The third-order valence-electron chi connectivity index (χ3n) is 15.6. The molecular weight excluding hydrogens is 823 g/mol. The number of hydrogen-bond donors (Lipinski definition) is 0. The van der Waals surface area contributed by atoms with Crippen LogP contribution < -0.4 is 14.7 Å². The smallest absolute Gasteiger partial charge is 0.0545 e.